The number of carbonyl (C=O) groups is 2. The number of thioether (sulfide) groups is 1. The number of rotatable bonds is 10. The Hall–Kier alpha value is -3.43. The second-order valence-electron chi connectivity index (χ2n) is 8.23. The third-order valence-electron chi connectivity index (χ3n) is 5.60. The Morgan fingerprint density at radius 2 is 1.78 bits per heavy atom. The van der Waals surface area contributed by atoms with Crippen molar-refractivity contribution < 1.29 is 24.2 Å². The van der Waals surface area contributed by atoms with E-state index in [1.54, 1.807) is 24.3 Å². The number of anilines is 1. The fourth-order valence-electron chi connectivity index (χ4n) is 3.68. The smallest absolute Gasteiger partial charge is 0.335 e. The molecule has 192 valence electrons. The average molecular weight is 584 g/mol. The van der Waals surface area contributed by atoms with Gasteiger partial charge in [-0.25, -0.2) is 4.79 Å². The molecule has 1 saturated heterocycles. The van der Waals surface area contributed by atoms with E-state index in [4.69, 9.17) is 14.6 Å². The minimum absolute atomic E-state index is 0.146. The fraction of sp³-hybridized carbons (Fsp3) is 0.214. The summed E-state index contributed by atoms with van der Waals surface area (Å²) in [5.74, 6) is -0.0443. The molecule has 0 aromatic heterocycles. The molecule has 7 nitrogen and oxygen atoms in total. The van der Waals surface area contributed by atoms with Crippen molar-refractivity contribution in [3.63, 3.8) is 0 Å². The molecule has 0 aliphatic carbocycles. The molecule has 37 heavy (non-hydrogen) atoms. The first-order valence-corrected chi connectivity index (χ1v) is 13.5. The molecule has 1 heterocycles. The number of amides is 1. The van der Waals surface area contributed by atoms with E-state index < -0.39 is 5.97 Å². The zero-order chi connectivity index (χ0) is 26.4. The number of aromatic carboxylic acids is 1. The van der Waals surface area contributed by atoms with Crippen molar-refractivity contribution in [1.29, 1.82) is 0 Å². The number of hydrogen-bond acceptors (Lipinski definition) is 6. The summed E-state index contributed by atoms with van der Waals surface area (Å²) in [7, 11) is 0. The number of carboxylic acids is 1. The summed E-state index contributed by atoms with van der Waals surface area (Å²) in [6.07, 6.45) is 2.80. The van der Waals surface area contributed by atoms with E-state index in [2.05, 4.69) is 45.6 Å². The quantitative estimate of drug-likeness (QED) is 0.242. The van der Waals surface area contributed by atoms with Gasteiger partial charge in [-0.15, -0.1) is 0 Å². The van der Waals surface area contributed by atoms with Crippen LogP contribution >= 0.6 is 27.7 Å². The molecule has 9 heteroatoms. The predicted molar refractivity (Wildman–Crippen MR) is 150 cm³/mol. The van der Waals surface area contributed by atoms with Crippen LogP contribution in [0, 0.1) is 0 Å². The maximum atomic E-state index is 12.6. The number of aryl methyl sites for hydroxylation is 1. The molecule has 0 unspecified atom stereocenters. The summed E-state index contributed by atoms with van der Waals surface area (Å²) in [6.45, 7) is 4.68. The fourth-order valence-corrected chi connectivity index (χ4v) is 5.24. The van der Waals surface area contributed by atoms with E-state index >= 15 is 0 Å². The minimum Gasteiger partial charge on any atom is -0.490 e. The Balaban J connectivity index is 1.47. The van der Waals surface area contributed by atoms with Gasteiger partial charge in [0.1, 0.15) is 6.61 Å². The molecule has 3 aromatic rings. The van der Waals surface area contributed by atoms with Crippen LogP contribution in [-0.4, -0.2) is 29.1 Å². The summed E-state index contributed by atoms with van der Waals surface area (Å²) in [6, 6.07) is 18.4. The van der Waals surface area contributed by atoms with E-state index in [1.165, 1.54) is 17.3 Å². The van der Waals surface area contributed by atoms with Gasteiger partial charge in [-0.3, -0.25) is 4.79 Å². The van der Waals surface area contributed by atoms with Gasteiger partial charge in [-0.2, -0.15) is 0 Å². The molecule has 0 bridgehead atoms. The van der Waals surface area contributed by atoms with Crippen LogP contribution in [0.2, 0.25) is 0 Å². The van der Waals surface area contributed by atoms with Gasteiger partial charge < -0.3 is 25.2 Å². The van der Waals surface area contributed by atoms with E-state index in [0.717, 1.165) is 23.2 Å². The second-order valence-corrected chi connectivity index (χ2v) is 10.2. The van der Waals surface area contributed by atoms with Crippen molar-refractivity contribution in [3.05, 3.63) is 92.3 Å². The highest BCUT2D eigenvalue weighted by Crippen LogP contribution is 2.39. The SMILES string of the molecule is CCOc1cc(/C=C2\S[C@H](Nc3ccc(CC)cc3)NC2=O)cc(Br)c1OCc1ccc(C(=O)O)cc1. The van der Waals surface area contributed by atoms with Crippen molar-refractivity contribution in [1.82, 2.24) is 5.32 Å². The first kappa shape index (κ1) is 26.6. The minimum atomic E-state index is -0.972. The van der Waals surface area contributed by atoms with E-state index in [9.17, 15) is 9.59 Å². The third-order valence-corrected chi connectivity index (χ3v) is 7.22. The molecular formula is C28H27BrN2O5S. The number of nitrogens with one attached hydrogen (secondary N) is 2. The highest BCUT2D eigenvalue weighted by atomic mass is 79.9. The summed E-state index contributed by atoms with van der Waals surface area (Å²) >= 11 is 4.99. The highest BCUT2D eigenvalue weighted by Gasteiger charge is 2.27. The number of carboxylic acid groups (broad SMARTS) is 1. The van der Waals surface area contributed by atoms with Gasteiger partial charge in [0, 0.05) is 5.69 Å². The number of ether oxygens (including phenoxy) is 2. The van der Waals surface area contributed by atoms with Gasteiger partial charge in [-0.1, -0.05) is 43.0 Å². The summed E-state index contributed by atoms with van der Waals surface area (Å²) in [4.78, 5) is 24.3. The van der Waals surface area contributed by atoms with Crippen LogP contribution in [0.4, 0.5) is 5.69 Å². The number of carbonyl (C=O) groups excluding carboxylic acids is 1. The van der Waals surface area contributed by atoms with E-state index in [1.807, 2.05) is 37.3 Å². The molecule has 0 radical (unpaired) electrons. The van der Waals surface area contributed by atoms with Crippen LogP contribution in [0.3, 0.4) is 0 Å². The Kier molecular flexibility index (Phi) is 8.78. The molecule has 1 atom stereocenters. The Morgan fingerprint density at radius 3 is 2.43 bits per heavy atom. The predicted octanol–water partition coefficient (Wildman–Crippen LogP) is 6.29. The van der Waals surface area contributed by atoms with Gasteiger partial charge >= 0.3 is 5.97 Å². The maximum Gasteiger partial charge on any atom is 0.335 e. The van der Waals surface area contributed by atoms with Crippen LogP contribution in [0.25, 0.3) is 6.08 Å². The van der Waals surface area contributed by atoms with Gasteiger partial charge in [0.05, 0.1) is 21.5 Å². The monoisotopic (exact) mass is 582 g/mol. The van der Waals surface area contributed by atoms with Crippen molar-refractivity contribution >= 4 is 51.3 Å². The molecular weight excluding hydrogens is 556 g/mol. The van der Waals surface area contributed by atoms with Gasteiger partial charge in [-0.05, 0) is 88.4 Å². The maximum absolute atomic E-state index is 12.6. The van der Waals surface area contributed by atoms with E-state index in [-0.39, 0.29) is 23.6 Å². The largest absolute Gasteiger partial charge is 0.490 e. The summed E-state index contributed by atoms with van der Waals surface area (Å²) in [5.41, 5.74) is 3.77. The molecule has 0 saturated carbocycles. The van der Waals surface area contributed by atoms with Crippen LogP contribution < -0.4 is 20.1 Å². The molecule has 3 aromatic carbocycles. The molecule has 1 aliphatic rings. The lowest BCUT2D eigenvalue weighted by atomic mass is 10.1. The van der Waals surface area contributed by atoms with Crippen molar-refractivity contribution in [2.75, 3.05) is 11.9 Å². The molecule has 4 rings (SSSR count). The zero-order valence-corrected chi connectivity index (χ0v) is 22.8. The lowest BCUT2D eigenvalue weighted by Crippen LogP contribution is -2.30. The van der Waals surface area contributed by atoms with Crippen molar-refractivity contribution in [2.45, 2.75) is 32.4 Å². The Labute approximate surface area is 228 Å². The molecule has 1 fully saturated rings. The van der Waals surface area contributed by atoms with Gasteiger partial charge in [0.2, 0.25) is 0 Å². The van der Waals surface area contributed by atoms with Crippen LogP contribution in [0.15, 0.2) is 70.0 Å². The second kappa shape index (κ2) is 12.2. The molecule has 1 aliphatic heterocycles. The normalized spacial score (nSPS) is 15.9. The molecule has 0 spiro atoms. The number of halogens is 1. The number of hydrogen-bond donors (Lipinski definition) is 3. The standard InChI is InChI=1S/C28H27BrN2O5S/c1-3-17-7-11-21(12-8-17)30-28-31-26(32)24(37-28)15-19-13-22(29)25(23(14-19)35-4-2)36-16-18-5-9-20(10-6-18)27(33)34/h5-15,28,30H,3-4,16H2,1-2H3,(H,31,32)(H,33,34)/b24-15-/t28-/m1/s1. The Bertz CT molecular complexity index is 1310. The van der Waals surface area contributed by atoms with Crippen LogP contribution in [0.1, 0.15) is 40.9 Å². The number of benzene rings is 3. The first-order chi connectivity index (χ1) is 17.9. The summed E-state index contributed by atoms with van der Waals surface area (Å²) < 4.78 is 12.5. The van der Waals surface area contributed by atoms with Crippen molar-refractivity contribution in [2.24, 2.45) is 0 Å². The van der Waals surface area contributed by atoms with Gasteiger partial charge in [0.15, 0.2) is 17.0 Å². The average Bonchev–Trinajstić information content (AvgIpc) is 3.22. The Morgan fingerprint density at radius 1 is 1.08 bits per heavy atom. The first-order valence-electron chi connectivity index (χ1n) is 11.8. The lowest BCUT2D eigenvalue weighted by Gasteiger charge is -2.15. The van der Waals surface area contributed by atoms with Crippen molar-refractivity contribution in [3.8, 4) is 11.5 Å². The molecule has 3 N–H and O–H groups in total. The van der Waals surface area contributed by atoms with Gasteiger partial charge in [0.25, 0.3) is 5.91 Å². The summed E-state index contributed by atoms with van der Waals surface area (Å²) in [5, 5.41) is 15.4. The zero-order valence-electron chi connectivity index (χ0n) is 20.4. The van der Waals surface area contributed by atoms with E-state index in [0.29, 0.717) is 27.5 Å². The molecule has 1 amide bonds. The topological polar surface area (TPSA) is 96.9 Å². The highest BCUT2D eigenvalue weighted by molar-refractivity contribution is 9.10. The third kappa shape index (κ3) is 6.87. The van der Waals surface area contributed by atoms with Crippen LogP contribution in [0.5, 0.6) is 11.5 Å². The van der Waals surface area contributed by atoms with Crippen LogP contribution in [-0.2, 0) is 17.8 Å². The lowest BCUT2D eigenvalue weighted by molar-refractivity contribution is -0.116.